The number of anilines is 1. The Morgan fingerprint density at radius 1 is 1.10 bits per heavy atom. The molecule has 0 N–H and O–H groups in total. The van der Waals surface area contributed by atoms with Gasteiger partial charge in [-0.15, -0.1) is 0 Å². The SMILES string of the molecule is Cn1nc(Br)c2c(N3CCC4(CCCC4)CC3)ncnc21. The van der Waals surface area contributed by atoms with E-state index in [-0.39, 0.29) is 0 Å². The first-order chi connectivity index (χ1) is 10.2. The van der Waals surface area contributed by atoms with Gasteiger partial charge in [-0.1, -0.05) is 12.8 Å². The molecule has 112 valence electrons. The molecule has 0 unspecified atom stereocenters. The van der Waals surface area contributed by atoms with E-state index in [2.05, 4.69) is 35.9 Å². The topological polar surface area (TPSA) is 46.8 Å². The summed E-state index contributed by atoms with van der Waals surface area (Å²) in [4.78, 5) is 11.3. The highest BCUT2D eigenvalue weighted by molar-refractivity contribution is 9.10. The molecule has 1 saturated carbocycles. The van der Waals surface area contributed by atoms with Gasteiger partial charge in [0.15, 0.2) is 5.65 Å². The summed E-state index contributed by atoms with van der Waals surface area (Å²) >= 11 is 3.56. The number of hydrogen-bond acceptors (Lipinski definition) is 4. The van der Waals surface area contributed by atoms with Gasteiger partial charge in [-0.2, -0.15) is 5.10 Å². The molecule has 1 saturated heterocycles. The lowest BCUT2D eigenvalue weighted by Gasteiger charge is -2.40. The third-order valence-corrected chi connectivity index (χ3v) is 5.90. The third-order valence-electron chi connectivity index (χ3n) is 5.35. The summed E-state index contributed by atoms with van der Waals surface area (Å²) in [5.41, 5.74) is 1.53. The van der Waals surface area contributed by atoms with E-state index in [4.69, 9.17) is 0 Å². The van der Waals surface area contributed by atoms with Crippen LogP contribution in [0.15, 0.2) is 10.9 Å². The number of rotatable bonds is 1. The number of fused-ring (bicyclic) bond motifs is 1. The Kier molecular flexibility index (Phi) is 3.17. The van der Waals surface area contributed by atoms with Gasteiger partial charge in [0.05, 0.1) is 5.39 Å². The number of halogens is 1. The highest BCUT2D eigenvalue weighted by Gasteiger charge is 2.37. The lowest BCUT2D eigenvalue weighted by molar-refractivity contribution is 0.226. The summed E-state index contributed by atoms with van der Waals surface area (Å²) < 4.78 is 2.66. The highest BCUT2D eigenvalue weighted by atomic mass is 79.9. The third kappa shape index (κ3) is 2.15. The number of nitrogens with zero attached hydrogens (tertiary/aromatic N) is 5. The Morgan fingerprint density at radius 3 is 2.52 bits per heavy atom. The van der Waals surface area contributed by atoms with Crippen molar-refractivity contribution in [2.45, 2.75) is 38.5 Å². The van der Waals surface area contributed by atoms with Gasteiger partial charge < -0.3 is 4.90 Å². The monoisotopic (exact) mass is 349 g/mol. The first-order valence-corrected chi connectivity index (χ1v) is 8.56. The summed E-state index contributed by atoms with van der Waals surface area (Å²) in [6.45, 7) is 2.21. The fourth-order valence-corrected chi connectivity index (χ4v) is 4.68. The van der Waals surface area contributed by atoms with Gasteiger partial charge in [0.2, 0.25) is 0 Å². The minimum atomic E-state index is 0.634. The van der Waals surface area contributed by atoms with Crippen molar-refractivity contribution in [3.05, 3.63) is 10.9 Å². The molecule has 1 spiro atoms. The fourth-order valence-electron chi connectivity index (χ4n) is 4.08. The van der Waals surface area contributed by atoms with Gasteiger partial charge in [-0.3, -0.25) is 0 Å². The summed E-state index contributed by atoms with van der Waals surface area (Å²) in [5, 5.41) is 5.46. The molecule has 5 nitrogen and oxygen atoms in total. The first-order valence-electron chi connectivity index (χ1n) is 7.77. The molecule has 0 bridgehead atoms. The van der Waals surface area contributed by atoms with Crippen molar-refractivity contribution in [2.24, 2.45) is 12.5 Å². The molecule has 2 aromatic rings. The molecule has 0 amide bonds. The summed E-state index contributed by atoms with van der Waals surface area (Å²) in [7, 11) is 1.92. The largest absolute Gasteiger partial charge is 0.356 e. The minimum absolute atomic E-state index is 0.634. The molecule has 1 aliphatic heterocycles. The highest BCUT2D eigenvalue weighted by Crippen LogP contribution is 2.47. The zero-order chi connectivity index (χ0) is 14.4. The Hall–Kier alpha value is -1.17. The van der Waals surface area contributed by atoms with E-state index in [1.807, 2.05) is 11.7 Å². The van der Waals surface area contributed by atoms with Crippen LogP contribution in [0, 0.1) is 5.41 Å². The van der Waals surface area contributed by atoms with Gasteiger partial charge in [0.1, 0.15) is 16.7 Å². The average molecular weight is 350 g/mol. The number of aromatic nitrogens is 4. The molecule has 2 aromatic heterocycles. The number of hydrogen-bond donors (Lipinski definition) is 0. The summed E-state index contributed by atoms with van der Waals surface area (Å²) in [6.07, 6.45) is 9.96. The van der Waals surface area contributed by atoms with Gasteiger partial charge in [0, 0.05) is 20.1 Å². The van der Waals surface area contributed by atoms with Crippen LogP contribution in [0.5, 0.6) is 0 Å². The van der Waals surface area contributed by atoms with E-state index in [1.54, 1.807) is 6.33 Å². The predicted molar refractivity (Wildman–Crippen MR) is 86.4 cm³/mol. The molecular weight excluding hydrogens is 330 g/mol. The van der Waals surface area contributed by atoms with Gasteiger partial charge in [-0.05, 0) is 47.0 Å². The minimum Gasteiger partial charge on any atom is -0.356 e. The lowest BCUT2D eigenvalue weighted by atomic mass is 9.77. The van der Waals surface area contributed by atoms with Gasteiger partial charge >= 0.3 is 0 Å². The molecule has 21 heavy (non-hydrogen) atoms. The molecule has 2 fully saturated rings. The summed E-state index contributed by atoms with van der Waals surface area (Å²) in [5.74, 6) is 1.04. The van der Waals surface area contributed by atoms with E-state index in [9.17, 15) is 0 Å². The van der Waals surface area contributed by atoms with Crippen LogP contribution >= 0.6 is 15.9 Å². The number of aryl methyl sites for hydroxylation is 1. The normalized spacial score (nSPS) is 21.5. The summed E-state index contributed by atoms with van der Waals surface area (Å²) in [6, 6.07) is 0. The van der Waals surface area contributed by atoms with Gasteiger partial charge in [-0.25, -0.2) is 14.6 Å². The number of piperidine rings is 1. The lowest BCUT2D eigenvalue weighted by Crippen LogP contribution is -2.39. The fraction of sp³-hybridized carbons (Fsp3) is 0.667. The van der Waals surface area contributed by atoms with E-state index < -0.39 is 0 Å². The molecule has 0 atom stereocenters. The zero-order valence-electron chi connectivity index (χ0n) is 12.3. The maximum atomic E-state index is 4.55. The first kappa shape index (κ1) is 13.5. The second-order valence-electron chi connectivity index (χ2n) is 6.50. The van der Waals surface area contributed by atoms with Crippen molar-refractivity contribution in [1.82, 2.24) is 19.7 Å². The van der Waals surface area contributed by atoms with Crippen LogP contribution in [-0.4, -0.2) is 32.8 Å². The van der Waals surface area contributed by atoms with Crippen molar-refractivity contribution < 1.29 is 0 Å². The van der Waals surface area contributed by atoms with E-state index in [1.165, 1.54) is 38.5 Å². The van der Waals surface area contributed by atoms with Gasteiger partial charge in [0.25, 0.3) is 0 Å². The molecule has 0 radical (unpaired) electrons. The van der Waals surface area contributed by atoms with Crippen LogP contribution in [-0.2, 0) is 7.05 Å². The van der Waals surface area contributed by atoms with Crippen molar-refractivity contribution in [3.63, 3.8) is 0 Å². The second kappa shape index (κ2) is 4.93. The molecule has 4 rings (SSSR count). The predicted octanol–water partition coefficient (Wildman–Crippen LogP) is 3.29. The average Bonchev–Trinajstić information content (AvgIpc) is 3.06. The molecule has 1 aliphatic carbocycles. The molecule has 0 aromatic carbocycles. The van der Waals surface area contributed by atoms with Crippen molar-refractivity contribution in [2.75, 3.05) is 18.0 Å². The van der Waals surface area contributed by atoms with Crippen LogP contribution in [0.4, 0.5) is 5.82 Å². The maximum absolute atomic E-state index is 4.55. The Morgan fingerprint density at radius 2 is 1.81 bits per heavy atom. The quantitative estimate of drug-likeness (QED) is 0.792. The van der Waals surface area contributed by atoms with Crippen molar-refractivity contribution in [3.8, 4) is 0 Å². The standard InChI is InChI=1S/C15H20BrN5/c1-20-13-11(12(16)19-20)14(18-10-17-13)21-8-6-15(7-9-21)4-2-3-5-15/h10H,2-9H2,1H3. The van der Waals surface area contributed by atoms with Crippen LogP contribution in [0.2, 0.25) is 0 Å². The van der Waals surface area contributed by atoms with E-state index in [0.29, 0.717) is 5.41 Å². The van der Waals surface area contributed by atoms with Crippen LogP contribution in [0.25, 0.3) is 11.0 Å². The van der Waals surface area contributed by atoms with E-state index in [0.717, 1.165) is 34.5 Å². The van der Waals surface area contributed by atoms with Crippen LogP contribution in [0.3, 0.4) is 0 Å². The smallest absolute Gasteiger partial charge is 0.164 e. The zero-order valence-corrected chi connectivity index (χ0v) is 13.9. The van der Waals surface area contributed by atoms with Crippen molar-refractivity contribution in [1.29, 1.82) is 0 Å². The van der Waals surface area contributed by atoms with Crippen LogP contribution in [0.1, 0.15) is 38.5 Å². The molecular formula is C15H20BrN5. The molecule has 3 heterocycles. The molecule has 6 heteroatoms. The molecule has 2 aliphatic rings. The maximum Gasteiger partial charge on any atom is 0.164 e. The van der Waals surface area contributed by atoms with Crippen molar-refractivity contribution >= 4 is 32.8 Å². The van der Waals surface area contributed by atoms with E-state index >= 15 is 0 Å². The second-order valence-corrected chi connectivity index (χ2v) is 7.26. The Balaban J connectivity index is 1.66. The Labute approximate surface area is 132 Å². The Bertz CT molecular complexity index is 664. The van der Waals surface area contributed by atoms with Crippen LogP contribution < -0.4 is 4.90 Å².